The van der Waals surface area contributed by atoms with Gasteiger partial charge >= 0.3 is 23.9 Å². The molecule has 2 fully saturated rings. The highest BCUT2D eigenvalue weighted by Crippen LogP contribution is 2.20. The van der Waals surface area contributed by atoms with Crippen molar-refractivity contribution in [2.24, 2.45) is 5.73 Å². The lowest BCUT2D eigenvalue weighted by Gasteiger charge is -2.46. The highest BCUT2D eigenvalue weighted by atomic mass is 35.5. The van der Waals surface area contributed by atoms with E-state index in [0.717, 1.165) is 45.1 Å². The predicted molar refractivity (Wildman–Crippen MR) is 231 cm³/mol. The third-order valence-electron chi connectivity index (χ3n) is 7.32. The smallest absolute Gasteiger partial charge is 0.361 e. The van der Waals surface area contributed by atoms with Crippen LogP contribution in [-0.2, 0) is 52.5 Å². The van der Waals surface area contributed by atoms with E-state index in [1.54, 1.807) is 28.3 Å². The monoisotopic (exact) mass is 942 g/mol. The predicted octanol–water partition coefficient (Wildman–Crippen LogP) is -5.46. The maximum atomic E-state index is 11.9. The Kier molecular flexibility index (Phi) is 52.1. The molecule has 2 amide bonds. The molecule has 374 valence electrons. The number of hydrogen-bond acceptors (Lipinski definition) is 19. The molecule has 0 aliphatic carbocycles. The first kappa shape index (κ1) is 66.2. The van der Waals surface area contributed by atoms with Crippen molar-refractivity contribution in [1.82, 2.24) is 31.9 Å². The standard InChI is InChI=1S/C14H27N3O5.C11H23N3O4.C4H7NO4.C4H10O2.C3H5ClO.CH6N2/c1-15-11-16-13(19)9-17(7-12(18)8-17)10-14(20)22-6-4-3-5-21-2;1-12-9-14-10(15)7-13-8-11(16)18-6-4-3-5-17-2;6-3(7)1-5-2-4(8)9;5-3-1-2-4-6;4-1-3-2-5-3;2-1-3/h12,15,18H,3-11H2,1-2H3;12-13H,3-9H2,1-2H3,(H,14,15);5H,1-2H2,(H,6,7)(H,8,9);5-6H,1-4H2;3H,1-2H2;1-3H2/p+2. The molecule has 63 heavy (non-hydrogen) atoms. The van der Waals surface area contributed by atoms with Gasteiger partial charge in [0, 0.05) is 40.6 Å². The van der Waals surface area contributed by atoms with Gasteiger partial charge in [0.15, 0.2) is 19.2 Å². The topological polar surface area (TPSA) is 379 Å². The van der Waals surface area contributed by atoms with Crippen molar-refractivity contribution in [3.05, 3.63) is 0 Å². The molecule has 2 rings (SSSR count). The molecule has 0 radical (unpaired) electrons. The number of esters is 2. The lowest BCUT2D eigenvalue weighted by Crippen LogP contribution is -2.70. The number of aliphatic carboxylic acids is 2. The fraction of sp³-hybridized carbons (Fsp3) is 0.838. The SMILES string of the molecule is CNCNC(=O)CNCC(=O)OCCCCOC.CNCNC(=O)C[N+]1(CC(=O)OCCCCOC)CC(O)C1.ClCC1CO1.NC[NH3+].O=C(O)CNCC(=O)O.OCCCCO. The number of rotatable bonds is 30. The average molecular weight is 943 g/mol. The minimum absolute atomic E-state index is 0.0389. The number of likely N-dealkylation sites (tertiary alicyclic amines) is 1. The average Bonchev–Trinajstić information content (AvgIpc) is 4.07. The van der Waals surface area contributed by atoms with Gasteiger partial charge in [-0.05, 0) is 52.6 Å². The first-order chi connectivity index (χ1) is 30.1. The Morgan fingerprint density at radius 1 is 0.714 bits per heavy atom. The Bertz CT molecular complexity index is 1110. The van der Waals surface area contributed by atoms with E-state index in [0.29, 0.717) is 71.5 Å². The van der Waals surface area contributed by atoms with E-state index >= 15 is 0 Å². The summed E-state index contributed by atoms with van der Waals surface area (Å²) in [5, 5.41) is 57.4. The van der Waals surface area contributed by atoms with Crippen LogP contribution >= 0.6 is 11.6 Å². The number of carbonyl (C=O) groups is 6. The number of quaternary nitrogens is 2. The Morgan fingerprint density at radius 2 is 1.14 bits per heavy atom. The molecule has 1 unspecified atom stereocenters. The van der Waals surface area contributed by atoms with E-state index in [4.69, 9.17) is 61.4 Å². The summed E-state index contributed by atoms with van der Waals surface area (Å²) >= 11 is 5.27. The lowest BCUT2D eigenvalue weighted by molar-refractivity contribution is -0.959. The molecule has 16 N–H and O–H groups in total. The summed E-state index contributed by atoms with van der Waals surface area (Å²) < 4.78 is 24.9. The maximum absolute atomic E-state index is 11.9. The second-order valence-corrected chi connectivity index (χ2v) is 13.6. The van der Waals surface area contributed by atoms with Crippen LogP contribution in [0.2, 0.25) is 0 Å². The van der Waals surface area contributed by atoms with Gasteiger partial charge in [-0.25, -0.2) is 4.79 Å². The number of unbranched alkanes of at least 4 members (excludes halogenated alkanes) is 3. The molecule has 0 spiro atoms. The van der Waals surface area contributed by atoms with Gasteiger partial charge in [0.25, 0.3) is 5.91 Å². The summed E-state index contributed by atoms with van der Waals surface area (Å²) in [4.78, 5) is 65.5. The zero-order valence-corrected chi connectivity index (χ0v) is 38.4. The number of hydrogen-bond donors (Lipinski definition) is 13. The summed E-state index contributed by atoms with van der Waals surface area (Å²) in [5.41, 5.74) is 8.00. The van der Waals surface area contributed by atoms with E-state index in [1.165, 1.54) is 0 Å². The van der Waals surface area contributed by atoms with Crippen molar-refractivity contribution in [3.8, 4) is 0 Å². The molecule has 0 aromatic heterocycles. The molecule has 2 saturated heterocycles. The van der Waals surface area contributed by atoms with Crippen molar-refractivity contribution in [1.29, 1.82) is 0 Å². The van der Waals surface area contributed by atoms with E-state index in [9.17, 15) is 33.9 Å². The zero-order valence-electron chi connectivity index (χ0n) is 37.7. The van der Waals surface area contributed by atoms with Crippen molar-refractivity contribution >= 4 is 47.3 Å². The van der Waals surface area contributed by atoms with E-state index in [1.807, 2.05) is 0 Å². The van der Waals surface area contributed by atoms with Crippen molar-refractivity contribution in [3.63, 3.8) is 0 Å². The molecule has 2 heterocycles. The molecule has 26 heteroatoms. The summed E-state index contributed by atoms with van der Waals surface area (Å²) in [6, 6.07) is 0. The normalized spacial score (nSPS) is 16.3. The molecule has 2 aliphatic rings. The van der Waals surface area contributed by atoms with Gasteiger partial charge in [-0.1, -0.05) is 0 Å². The number of aliphatic hydroxyl groups excluding tert-OH is 3. The fourth-order valence-corrected chi connectivity index (χ4v) is 4.50. The fourth-order valence-electron chi connectivity index (χ4n) is 4.33. The van der Waals surface area contributed by atoms with Gasteiger partial charge in [0.2, 0.25) is 5.91 Å². The van der Waals surface area contributed by atoms with Gasteiger partial charge < -0.3 is 80.7 Å². The Balaban J connectivity index is -0.000000375. The number of halogens is 1. The van der Waals surface area contributed by atoms with Crippen LogP contribution in [0.25, 0.3) is 0 Å². The molecule has 1 atom stereocenters. The quantitative estimate of drug-likeness (QED) is 0.00798. The highest BCUT2D eigenvalue weighted by molar-refractivity contribution is 6.18. The number of carboxylic acids is 2. The van der Waals surface area contributed by atoms with Gasteiger partial charge in [0.1, 0.15) is 19.8 Å². The third-order valence-corrected chi connectivity index (χ3v) is 7.67. The van der Waals surface area contributed by atoms with Gasteiger partial charge in [-0.2, -0.15) is 0 Å². The number of aliphatic hydroxyl groups is 3. The summed E-state index contributed by atoms with van der Waals surface area (Å²) in [5.74, 6) is -2.45. The Morgan fingerprint density at radius 3 is 1.51 bits per heavy atom. The second-order valence-electron chi connectivity index (χ2n) is 13.3. The van der Waals surface area contributed by atoms with E-state index in [2.05, 4.69) is 37.6 Å². The number of nitrogens with two attached hydrogens (primary N) is 1. The Hall–Kier alpha value is -3.41. The van der Waals surface area contributed by atoms with Crippen LogP contribution in [0.15, 0.2) is 0 Å². The summed E-state index contributed by atoms with van der Waals surface area (Å²) in [7, 11) is 6.73. The number of nitrogens with zero attached hydrogens (tertiary/aromatic N) is 1. The van der Waals surface area contributed by atoms with Crippen molar-refractivity contribution in [2.45, 2.75) is 50.7 Å². The van der Waals surface area contributed by atoms with Crippen LogP contribution in [0.5, 0.6) is 0 Å². The minimum atomic E-state index is -1.06. The van der Waals surface area contributed by atoms with E-state index < -0.39 is 18.0 Å². The molecule has 0 aromatic rings. The number of epoxide rings is 1. The van der Waals surface area contributed by atoms with E-state index in [-0.39, 0.29) is 80.7 Å². The van der Waals surface area contributed by atoms with Gasteiger partial charge in [0.05, 0.1) is 71.3 Å². The number of alkyl halides is 1. The number of carboxylic acid groups (broad SMARTS) is 2. The number of nitrogens with one attached hydrogen (secondary N) is 6. The number of ether oxygens (including phenoxy) is 5. The molecular formula is C37H80ClN9O16+2. The third kappa shape index (κ3) is 54.7. The largest absolute Gasteiger partial charge is 0.480 e. The van der Waals surface area contributed by atoms with Gasteiger partial charge in [-0.3, -0.25) is 40.3 Å². The van der Waals surface area contributed by atoms with Crippen LogP contribution in [0.4, 0.5) is 0 Å². The van der Waals surface area contributed by atoms with Crippen LogP contribution < -0.4 is 43.4 Å². The van der Waals surface area contributed by atoms with Crippen LogP contribution in [0.3, 0.4) is 0 Å². The van der Waals surface area contributed by atoms with Crippen molar-refractivity contribution in [2.75, 3.05) is 153 Å². The van der Waals surface area contributed by atoms with Crippen LogP contribution in [0.1, 0.15) is 38.5 Å². The minimum Gasteiger partial charge on any atom is -0.480 e. The molecule has 25 nitrogen and oxygen atoms in total. The second kappa shape index (κ2) is 49.6. The zero-order chi connectivity index (χ0) is 48.6. The first-order valence-corrected chi connectivity index (χ1v) is 21.0. The van der Waals surface area contributed by atoms with Gasteiger partial charge in [-0.15, -0.1) is 11.6 Å². The Labute approximate surface area is 376 Å². The number of amides is 2. The molecule has 2 aliphatic heterocycles. The molecular weight excluding hydrogens is 862 g/mol. The summed E-state index contributed by atoms with van der Waals surface area (Å²) in [6.07, 6.45) is 4.63. The molecule has 0 bridgehead atoms. The van der Waals surface area contributed by atoms with Crippen LogP contribution in [0, 0.1) is 0 Å². The lowest BCUT2D eigenvalue weighted by atomic mass is 10.1. The number of methoxy groups -OCH3 is 2. The summed E-state index contributed by atoms with van der Waals surface area (Å²) in [6.45, 7) is 5.24. The van der Waals surface area contributed by atoms with Crippen LogP contribution in [-0.4, -0.2) is 231 Å². The first-order valence-electron chi connectivity index (χ1n) is 20.5. The number of carbonyl (C=O) groups excluding carboxylic acids is 4. The molecule has 0 aromatic carbocycles. The maximum Gasteiger partial charge on any atom is 0.361 e. The highest BCUT2D eigenvalue weighted by Gasteiger charge is 2.46. The molecule has 0 saturated carbocycles. The van der Waals surface area contributed by atoms with Crippen molar-refractivity contribution < 1.29 is 88.2 Å².